The molecule has 1 nitrogen and oxygen atoms in total. The monoisotopic (exact) mass is 364 g/mol. The second kappa shape index (κ2) is 5.87. The molecule has 0 saturated heterocycles. The van der Waals surface area contributed by atoms with Gasteiger partial charge in [0.15, 0.2) is 5.78 Å². The number of carbonyl (C=O) groups is 1. The highest BCUT2D eigenvalue weighted by Gasteiger charge is 2.13. The third-order valence-corrected chi connectivity index (χ3v) is 4.71. The molecule has 2 aromatic rings. The van der Waals surface area contributed by atoms with Crippen LogP contribution in [0.1, 0.15) is 46.8 Å². The predicted octanol–water partition coefficient (Wildman–Crippen LogP) is 4.95. The van der Waals surface area contributed by atoms with E-state index in [0.717, 1.165) is 20.3 Å². The summed E-state index contributed by atoms with van der Waals surface area (Å²) in [4.78, 5) is 12.5. The van der Waals surface area contributed by atoms with E-state index in [9.17, 15) is 4.79 Å². The zero-order valence-electron chi connectivity index (χ0n) is 11.4. The standard InChI is InChI=1S/C17H17IO/c1-11(2)13-7-9-14(10-8-13)17(19)15-6-4-5-12(3)16(15)18/h4-11H,1-3H3. The minimum atomic E-state index is 0.100. The fourth-order valence-electron chi connectivity index (χ4n) is 2.00. The highest BCUT2D eigenvalue weighted by Crippen LogP contribution is 2.21. The zero-order chi connectivity index (χ0) is 14.0. The summed E-state index contributed by atoms with van der Waals surface area (Å²) in [5.41, 5.74) is 3.95. The van der Waals surface area contributed by atoms with Crippen LogP contribution in [0.3, 0.4) is 0 Å². The Balaban J connectivity index is 2.36. The lowest BCUT2D eigenvalue weighted by Crippen LogP contribution is -2.05. The van der Waals surface area contributed by atoms with Crippen molar-refractivity contribution in [1.29, 1.82) is 0 Å². The lowest BCUT2D eigenvalue weighted by molar-refractivity contribution is 0.103. The zero-order valence-corrected chi connectivity index (χ0v) is 13.6. The quantitative estimate of drug-likeness (QED) is 0.556. The van der Waals surface area contributed by atoms with E-state index < -0.39 is 0 Å². The summed E-state index contributed by atoms with van der Waals surface area (Å²) in [7, 11) is 0. The van der Waals surface area contributed by atoms with Gasteiger partial charge < -0.3 is 0 Å². The maximum Gasteiger partial charge on any atom is 0.194 e. The van der Waals surface area contributed by atoms with Gasteiger partial charge in [0, 0.05) is 14.7 Å². The molecule has 0 bridgehead atoms. The van der Waals surface area contributed by atoms with Crippen LogP contribution in [0.2, 0.25) is 0 Å². The summed E-state index contributed by atoms with van der Waals surface area (Å²) < 4.78 is 1.04. The van der Waals surface area contributed by atoms with Gasteiger partial charge in [0.2, 0.25) is 0 Å². The maximum atomic E-state index is 12.5. The molecule has 98 valence electrons. The van der Waals surface area contributed by atoms with Crippen LogP contribution in [-0.4, -0.2) is 5.78 Å². The first-order valence-electron chi connectivity index (χ1n) is 6.40. The first-order chi connectivity index (χ1) is 9.00. The first-order valence-corrected chi connectivity index (χ1v) is 7.48. The Morgan fingerprint density at radius 1 is 1.05 bits per heavy atom. The summed E-state index contributed by atoms with van der Waals surface area (Å²) in [6.45, 7) is 6.33. The van der Waals surface area contributed by atoms with Gasteiger partial charge in [-0.25, -0.2) is 0 Å². The van der Waals surface area contributed by atoms with Gasteiger partial charge in [0.1, 0.15) is 0 Å². The molecule has 0 atom stereocenters. The van der Waals surface area contributed by atoms with Gasteiger partial charge in [-0.05, 0) is 52.6 Å². The second-order valence-electron chi connectivity index (χ2n) is 5.04. The van der Waals surface area contributed by atoms with Crippen LogP contribution < -0.4 is 0 Å². The van der Waals surface area contributed by atoms with Crippen LogP contribution in [-0.2, 0) is 0 Å². The van der Waals surface area contributed by atoms with Crippen LogP contribution >= 0.6 is 22.6 Å². The molecule has 2 heteroatoms. The minimum absolute atomic E-state index is 0.100. The smallest absolute Gasteiger partial charge is 0.194 e. The van der Waals surface area contributed by atoms with Crippen LogP contribution in [0.5, 0.6) is 0 Å². The highest BCUT2D eigenvalue weighted by molar-refractivity contribution is 14.1. The molecular weight excluding hydrogens is 347 g/mol. The van der Waals surface area contributed by atoms with Gasteiger partial charge in [-0.1, -0.05) is 50.2 Å². The van der Waals surface area contributed by atoms with Crippen molar-refractivity contribution >= 4 is 28.4 Å². The van der Waals surface area contributed by atoms with Crippen molar-refractivity contribution in [2.24, 2.45) is 0 Å². The van der Waals surface area contributed by atoms with Crippen LogP contribution in [0, 0.1) is 10.5 Å². The molecule has 19 heavy (non-hydrogen) atoms. The van der Waals surface area contributed by atoms with E-state index in [1.54, 1.807) is 0 Å². The van der Waals surface area contributed by atoms with Crippen molar-refractivity contribution in [1.82, 2.24) is 0 Å². The van der Waals surface area contributed by atoms with Gasteiger partial charge >= 0.3 is 0 Å². The van der Waals surface area contributed by atoms with Crippen molar-refractivity contribution in [3.8, 4) is 0 Å². The number of hydrogen-bond acceptors (Lipinski definition) is 1. The van der Waals surface area contributed by atoms with E-state index in [1.165, 1.54) is 5.56 Å². The summed E-state index contributed by atoms with van der Waals surface area (Å²) in [5, 5.41) is 0. The number of ketones is 1. The van der Waals surface area contributed by atoms with Crippen molar-refractivity contribution in [2.45, 2.75) is 26.7 Å². The molecule has 0 aliphatic carbocycles. The third-order valence-electron chi connectivity index (χ3n) is 3.28. The molecule has 0 aliphatic heterocycles. The molecule has 2 aromatic carbocycles. The molecule has 0 saturated carbocycles. The van der Waals surface area contributed by atoms with Crippen molar-refractivity contribution in [3.05, 3.63) is 68.3 Å². The topological polar surface area (TPSA) is 17.1 Å². The average Bonchev–Trinajstić information content (AvgIpc) is 2.41. The maximum absolute atomic E-state index is 12.5. The minimum Gasteiger partial charge on any atom is -0.289 e. The summed E-state index contributed by atoms with van der Waals surface area (Å²) >= 11 is 2.24. The third kappa shape index (κ3) is 3.06. The van der Waals surface area contributed by atoms with Crippen LogP contribution in [0.25, 0.3) is 0 Å². The van der Waals surface area contributed by atoms with Crippen molar-refractivity contribution in [3.63, 3.8) is 0 Å². The molecule has 0 N–H and O–H groups in total. The Hall–Kier alpha value is -1.16. The molecule has 0 spiro atoms. The number of hydrogen-bond donors (Lipinski definition) is 0. The van der Waals surface area contributed by atoms with Gasteiger partial charge in [-0.2, -0.15) is 0 Å². The lowest BCUT2D eigenvalue weighted by Gasteiger charge is -2.08. The summed E-state index contributed by atoms with van der Waals surface area (Å²) in [6, 6.07) is 13.8. The van der Waals surface area contributed by atoms with E-state index in [-0.39, 0.29) is 5.78 Å². The normalized spacial score (nSPS) is 10.8. The Bertz CT molecular complexity index is 597. The number of carbonyl (C=O) groups excluding carboxylic acids is 1. The highest BCUT2D eigenvalue weighted by atomic mass is 127. The second-order valence-corrected chi connectivity index (χ2v) is 6.12. The van der Waals surface area contributed by atoms with E-state index in [1.807, 2.05) is 49.4 Å². The molecule has 0 fully saturated rings. The fourth-order valence-corrected chi connectivity index (χ4v) is 2.60. The fraction of sp³-hybridized carbons (Fsp3) is 0.235. The number of rotatable bonds is 3. The molecule has 0 amide bonds. The van der Waals surface area contributed by atoms with Crippen molar-refractivity contribution in [2.75, 3.05) is 0 Å². The number of aryl methyl sites for hydroxylation is 1. The predicted molar refractivity (Wildman–Crippen MR) is 87.9 cm³/mol. The molecule has 0 heterocycles. The van der Waals surface area contributed by atoms with E-state index >= 15 is 0 Å². The lowest BCUT2D eigenvalue weighted by atomic mass is 9.97. The first kappa shape index (κ1) is 14.3. The number of benzene rings is 2. The van der Waals surface area contributed by atoms with Gasteiger partial charge in [-0.15, -0.1) is 0 Å². The average molecular weight is 364 g/mol. The molecule has 0 aromatic heterocycles. The Kier molecular flexibility index (Phi) is 4.40. The number of halogens is 1. The molecular formula is C17H17IO. The molecule has 0 unspecified atom stereocenters. The van der Waals surface area contributed by atoms with Gasteiger partial charge in [0.25, 0.3) is 0 Å². The molecule has 0 aliphatic rings. The largest absolute Gasteiger partial charge is 0.289 e. The van der Waals surface area contributed by atoms with Gasteiger partial charge in [0.05, 0.1) is 0 Å². The Morgan fingerprint density at radius 3 is 2.26 bits per heavy atom. The van der Waals surface area contributed by atoms with E-state index in [0.29, 0.717) is 5.92 Å². The van der Waals surface area contributed by atoms with Crippen molar-refractivity contribution < 1.29 is 4.79 Å². The van der Waals surface area contributed by atoms with E-state index in [2.05, 4.69) is 36.4 Å². The van der Waals surface area contributed by atoms with Gasteiger partial charge in [-0.3, -0.25) is 4.79 Å². The van der Waals surface area contributed by atoms with Crippen LogP contribution in [0.15, 0.2) is 42.5 Å². The van der Waals surface area contributed by atoms with Crippen LogP contribution in [0.4, 0.5) is 0 Å². The molecule has 2 rings (SSSR count). The summed E-state index contributed by atoms with van der Waals surface area (Å²) in [6.07, 6.45) is 0. The Morgan fingerprint density at radius 2 is 1.68 bits per heavy atom. The van der Waals surface area contributed by atoms with E-state index in [4.69, 9.17) is 0 Å². The summed E-state index contributed by atoms with van der Waals surface area (Å²) in [5.74, 6) is 0.590. The SMILES string of the molecule is Cc1cccc(C(=O)c2ccc(C(C)C)cc2)c1I. The molecule has 0 radical (unpaired) electrons. The Labute approximate surface area is 128 Å².